The summed E-state index contributed by atoms with van der Waals surface area (Å²) in [6, 6.07) is 19.6. The Morgan fingerprint density at radius 1 is 1.10 bits per heavy atom. The minimum Gasteiger partial charge on any atom is -0.350 e. The average Bonchev–Trinajstić information content (AvgIpc) is 2.73. The normalized spacial score (nSPS) is 12.2. The Balaban J connectivity index is 1.43. The van der Waals surface area contributed by atoms with Gasteiger partial charge in [-0.05, 0) is 47.5 Å². The Labute approximate surface area is 176 Å². The number of nitrogens with one attached hydrogen (secondary N) is 1. The SMILES string of the molecule is CC(NC(=O)CCn1cnc2ccc(Br)cc2c1=O)c1ccc2ccccc2c1. The minimum atomic E-state index is -0.147. The second-order valence-electron chi connectivity index (χ2n) is 7.05. The van der Waals surface area contributed by atoms with E-state index in [0.29, 0.717) is 10.9 Å². The van der Waals surface area contributed by atoms with Crippen LogP contribution in [0, 0.1) is 0 Å². The number of benzene rings is 3. The number of carbonyl (C=O) groups is 1. The predicted octanol–water partition coefficient (Wildman–Crippen LogP) is 4.58. The molecule has 1 N–H and O–H groups in total. The van der Waals surface area contributed by atoms with E-state index in [4.69, 9.17) is 0 Å². The molecule has 0 spiro atoms. The van der Waals surface area contributed by atoms with Crippen molar-refractivity contribution in [1.29, 1.82) is 0 Å². The maximum Gasteiger partial charge on any atom is 0.261 e. The Kier molecular flexibility index (Phi) is 5.45. The fourth-order valence-electron chi connectivity index (χ4n) is 3.39. The van der Waals surface area contributed by atoms with E-state index >= 15 is 0 Å². The minimum absolute atomic E-state index is 0.105. The third-order valence-corrected chi connectivity index (χ3v) is 5.51. The van der Waals surface area contributed by atoms with Gasteiger partial charge in [0.15, 0.2) is 0 Å². The molecule has 0 aliphatic carbocycles. The van der Waals surface area contributed by atoms with Crippen LogP contribution >= 0.6 is 15.9 Å². The molecule has 0 aliphatic heterocycles. The van der Waals surface area contributed by atoms with Crippen LogP contribution in [0.1, 0.15) is 24.9 Å². The number of hydrogen-bond donors (Lipinski definition) is 1. The first-order valence-corrected chi connectivity index (χ1v) is 10.2. The van der Waals surface area contributed by atoms with E-state index in [1.165, 1.54) is 16.3 Å². The molecule has 0 aliphatic rings. The standard InChI is InChI=1S/C23H20BrN3O2/c1-15(17-7-6-16-4-2-3-5-18(16)12-17)26-22(28)10-11-27-14-25-21-9-8-19(24)13-20(21)23(27)29/h2-9,12-15H,10-11H2,1H3,(H,26,28). The van der Waals surface area contributed by atoms with Crippen LogP contribution in [-0.4, -0.2) is 15.5 Å². The van der Waals surface area contributed by atoms with Crippen LogP contribution in [0.3, 0.4) is 0 Å². The van der Waals surface area contributed by atoms with E-state index in [9.17, 15) is 9.59 Å². The zero-order valence-corrected chi connectivity index (χ0v) is 17.5. The molecule has 1 amide bonds. The summed E-state index contributed by atoms with van der Waals surface area (Å²) in [5.74, 6) is -0.105. The van der Waals surface area contributed by atoms with Gasteiger partial charge in [-0.3, -0.25) is 14.2 Å². The molecule has 3 aromatic carbocycles. The second-order valence-corrected chi connectivity index (χ2v) is 7.97. The second kappa shape index (κ2) is 8.17. The third kappa shape index (κ3) is 4.22. The Morgan fingerprint density at radius 2 is 1.90 bits per heavy atom. The lowest BCUT2D eigenvalue weighted by Gasteiger charge is -2.15. The van der Waals surface area contributed by atoms with Crippen molar-refractivity contribution in [3.63, 3.8) is 0 Å². The first-order chi connectivity index (χ1) is 14.0. The zero-order chi connectivity index (χ0) is 20.4. The van der Waals surface area contributed by atoms with E-state index in [2.05, 4.69) is 50.5 Å². The van der Waals surface area contributed by atoms with Crippen molar-refractivity contribution >= 4 is 43.5 Å². The molecule has 1 heterocycles. The Hall–Kier alpha value is -2.99. The largest absolute Gasteiger partial charge is 0.350 e. The molecule has 6 heteroatoms. The summed E-state index contributed by atoms with van der Waals surface area (Å²) < 4.78 is 2.30. The fraction of sp³-hybridized carbons (Fsp3) is 0.174. The van der Waals surface area contributed by atoms with Crippen LogP contribution in [-0.2, 0) is 11.3 Å². The van der Waals surface area contributed by atoms with Crippen molar-refractivity contribution in [3.8, 4) is 0 Å². The lowest BCUT2D eigenvalue weighted by atomic mass is 10.0. The first kappa shape index (κ1) is 19.3. The van der Waals surface area contributed by atoms with Crippen LogP contribution in [0.4, 0.5) is 0 Å². The smallest absolute Gasteiger partial charge is 0.261 e. The van der Waals surface area contributed by atoms with Gasteiger partial charge < -0.3 is 5.32 Å². The molecule has 29 heavy (non-hydrogen) atoms. The average molecular weight is 450 g/mol. The molecule has 5 nitrogen and oxygen atoms in total. The maximum atomic E-state index is 12.6. The molecule has 0 saturated carbocycles. The molecular formula is C23H20BrN3O2. The number of nitrogens with zero attached hydrogens (tertiary/aromatic N) is 2. The molecule has 0 saturated heterocycles. The number of hydrogen-bond acceptors (Lipinski definition) is 3. The molecule has 0 radical (unpaired) electrons. The van der Waals surface area contributed by atoms with Gasteiger partial charge in [0.05, 0.1) is 23.3 Å². The van der Waals surface area contributed by atoms with Crippen LogP contribution in [0.2, 0.25) is 0 Å². The van der Waals surface area contributed by atoms with Crippen molar-refractivity contribution in [1.82, 2.24) is 14.9 Å². The van der Waals surface area contributed by atoms with Gasteiger partial charge in [0.2, 0.25) is 5.91 Å². The molecule has 1 aromatic heterocycles. The maximum absolute atomic E-state index is 12.6. The van der Waals surface area contributed by atoms with E-state index < -0.39 is 0 Å². The number of carbonyl (C=O) groups excluding carboxylic acids is 1. The van der Waals surface area contributed by atoms with Gasteiger partial charge in [-0.1, -0.05) is 52.3 Å². The Bertz CT molecular complexity index is 1270. The number of amides is 1. The van der Waals surface area contributed by atoms with Gasteiger partial charge in [-0.25, -0.2) is 4.98 Å². The number of aromatic nitrogens is 2. The van der Waals surface area contributed by atoms with E-state index in [1.54, 1.807) is 12.1 Å². The highest BCUT2D eigenvalue weighted by Crippen LogP contribution is 2.20. The molecule has 4 aromatic rings. The highest BCUT2D eigenvalue weighted by Gasteiger charge is 2.11. The summed E-state index contributed by atoms with van der Waals surface area (Å²) in [4.78, 5) is 29.4. The van der Waals surface area contributed by atoms with Gasteiger partial charge in [-0.2, -0.15) is 0 Å². The van der Waals surface area contributed by atoms with Crippen molar-refractivity contribution in [3.05, 3.63) is 87.4 Å². The van der Waals surface area contributed by atoms with Crippen LogP contribution in [0.25, 0.3) is 21.7 Å². The molecule has 1 unspecified atom stereocenters. The predicted molar refractivity (Wildman–Crippen MR) is 119 cm³/mol. The van der Waals surface area contributed by atoms with E-state index in [1.807, 2.05) is 31.2 Å². The summed E-state index contributed by atoms with van der Waals surface area (Å²) in [6.07, 6.45) is 1.71. The number of fused-ring (bicyclic) bond motifs is 2. The van der Waals surface area contributed by atoms with Crippen LogP contribution in [0.15, 0.2) is 76.3 Å². The van der Waals surface area contributed by atoms with Gasteiger partial charge >= 0.3 is 0 Å². The molecule has 0 bridgehead atoms. The highest BCUT2D eigenvalue weighted by atomic mass is 79.9. The van der Waals surface area contributed by atoms with Gasteiger partial charge in [0, 0.05) is 17.4 Å². The summed E-state index contributed by atoms with van der Waals surface area (Å²) in [7, 11) is 0. The van der Waals surface area contributed by atoms with E-state index in [-0.39, 0.29) is 30.5 Å². The van der Waals surface area contributed by atoms with Crippen LogP contribution in [0.5, 0.6) is 0 Å². The van der Waals surface area contributed by atoms with Crippen molar-refractivity contribution < 1.29 is 4.79 Å². The summed E-state index contributed by atoms with van der Waals surface area (Å²) in [5.41, 5.74) is 1.54. The molecule has 4 rings (SSSR count). The first-order valence-electron chi connectivity index (χ1n) is 9.44. The fourth-order valence-corrected chi connectivity index (χ4v) is 3.75. The van der Waals surface area contributed by atoms with Gasteiger partial charge in [0.1, 0.15) is 0 Å². The lowest BCUT2D eigenvalue weighted by Crippen LogP contribution is -2.29. The molecular weight excluding hydrogens is 430 g/mol. The Morgan fingerprint density at radius 3 is 2.72 bits per heavy atom. The number of aryl methyl sites for hydroxylation is 1. The van der Waals surface area contributed by atoms with Crippen molar-refractivity contribution in [2.24, 2.45) is 0 Å². The molecule has 0 fully saturated rings. The third-order valence-electron chi connectivity index (χ3n) is 5.02. The summed E-state index contributed by atoms with van der Waals surface area (Å²) in [6.45, 7) is 2.24. The van der Waals surface area contributed by atoms with Crippen LogP contribution < -0.4 is 10.9 Å². The molecule has 1 atom stereocenters. The quantitative estimate of drug-likeness (QED) is 0.484. The molecule has 146 valence electrons. The van der Waals surface area contributed by atoms with E-state index in [0.717, 1.165) is 15.4 Å². The van der Waals surface area contributed by atoms with Gasteiger partial charge in [-0.15, -0.1) is 0 Å². The topological polar surface area (TPSA) is 64.0 Å². The highest BCUT2D eigenvalue weighted by molar-refractivity contribution is 9.10. The summed E-state index contributed by atoms with van der Waals surface area (Å²) >= 11 is 3.38. The van der Waals surface area contributed by atoms with Gasteiger partial charge in [0.25, 0.3) is 5.56 Å². The summed E-state index contributed by atoms with van der Waals surface area (Å²) in [5, 5.41) is 5.86. The lowest BCUT2D eigenvalue weighted by molar-refractivity contribution is -0.121. The number of rotatable bonds is 5. The monoisotopic (exact) mass is 449 g/mol. The zero-order valence-electron chi connectivity index (χ0n) is 15.9. The number of halogens is 1. The van der Waals surface area contributed by atoms with Crippen molar-refractivity contribution in [2.45, 2.75) is 25.9 Å². The van der Waals surface area contributed by atoms with Crippen molar-refractivity contribution in [2.75, 3.05) is 0 Å².